The summed E-state index contributed by atoms with van der Waals surface area (Å²) in [6, 6.07) is 11.7. The molecule has 3 N–H and O–H groups in total. The third kappa shape index (κ3) is 6.13. The molecule has 146 valence electrons. The van der Waals surface area contributed by atoms with Gasteiger partial charge in [-0.3, -0.25) is 9.59 Å². The van der Waals surface area contributed by atoms with E-state index in [4.69, 9.17) is 14.6 Å². The zero-order valence-electron chi connectivity index (χ0n) is 15.3. The Kier molecular flexibility index (Phi) is 7.09. The Balaban J connectivity index is 1.94. The fourth-order valence-electron chi connectivity index (χ4n) is 2.15. The monoisotopic (exact) mass is 385 g/mol. The largest absolute Gasteiger partial charge is 0.493 e. The molecule has 0 aromatic heterocycles. The topological polar surface area (TPSA) is 126 Å². The number of carbonyl (C=O) groups is 3. The van der Waals surface area contributed by atoms with Crippen LogP contribution in [-0.4, -0.2) is 42.8 Å². The van der Waals surface area contributed by atoms with Crippen LogP contribution in [0.4, 0.5) is 5.69 Å². The van der Waals surface area contributed by atoms with E-state index in [-0.39, 0.29) is 5.75 Å². The molecule has 28 heavy (non-hydrogen) atoms. The molecule has 2 rings (SSSR count). The van der Waals surface area contributed by atoms with Crippen molar-refractivity contribution >= 4 is 29.7 Å². The number of methoxy groups -OCH3 is 1. The van der Waals surface area contributed by atoms with Crippen LogP contribution in [0.15, 0.2) is 47.6 Å². The smallest absolute Gasteiger partial charge is 0.341 e. The lowest BCUT2D eigenvalue weighted by Crippen LogP contribution is -2.32. The van der Waals surface area contributed by atoms with Crippen LogP contribution < -0.4 is 20.2 Å². The first kappa shape index (κ1) is 20.4. The summed E-state index contributed by atoms with van der Waals surface area (Å²) in [5.41, 5.74) is 4.12. The molecular formula is C19H19N3O6. The van der Waals surface area contributed by atoms with Crippen LogP contribution in [0.5, 0.6) is 11.5 Å². The summed E-state index contributed by atoms with van der Waals surface area (Å²) in [6.45, 7) is 1.36. The second-order valence-corrected chi connectivity index (χ2v) is 5.62. The number of hydrogen-bond acceptors (Lipinski definition) is 6. The van der Waals surface area contributed by atoms with Crippen LogP contribution >= 0.6 is 0 Å². The Bertz CT molecular complexity index is 910. The van der Waals surface area contributed by atoms with Crippen LogP contribution in [0.2, 0.25) is 0 Å². The van der Waals surface area contributed by atoms with E-state index in [1.807, 2.05) is 13.0 Å². The highest BCUT2D eigenvalue weighted by Gasteiger charge is 2.13. The van der Waals surface area contributed by atoms with Crippen molar-refractivity contribution in [2.24, 2.45) is 5.10 Å². The van der Waals surface area contributed by atoms with Crippen LogP contribution in [0.25, 0.3) is 0 Å². The fourth-order valence-corrected chi connectivity index (χ4v) is 2.15. The minimum atomic E-state index is -1.11. The van der Waals surface area contributed by atoms with Gasteiger partial charge < -0.3 is 19.9 Å². The lowest BCUT2D eigenvalue weighted by atomic mass is 10.2. The first-order chi connectivity index (χ1) is 13.4. The van der Waals surface area contributed by atoms with Crippen molar-refractivity contribution in [1.29, 1.82) is 0 Å². The van der Waals surface area contributed by atoms with Gasteiger partial charge in [-0.05, 0) is 48.4 Å². The number of hydrogen-bond donors (Lipinski definition) is 3. The summed E-state index contributed by atoms with van der Waals surface area (Å²) in [4.78, 5) is 34.2. The van der Waals surface area contributed by atoms with E-state index in [1.165, 1.54) is 19.4 Å². The number of nitrogens with zero attached hydrogens (tertiary/aromatic N) is 1. The van der Waals surface area contributed by atoms with Crippen molar-refractivity contribution in [3.8, 4) is 11.5 Å². The summed E-state index contributed by atoms with van der Waals surface area (Å²) in [5.74, 6) is -2.33. The molecule has 0 fully saturated rings. The number of benzene rings is 2. The van der Waals surface area contributed by atoms with Crippen LogP contribution in [-0.2, 0) is 14.4 Å². The average molecular weight is 385 g/mol. The quantitative estimate of drug-likeness (QED) is 0.377. The van der Waals surface area contributed by atoms with Crippen molar-refractivity contribution in [2.45, 2.75) is 6.92 Å². The number of carboxylic acid groups (broad SMARTS) is 1. The van der Waals surface area contributed by atoms with Gasteiger partial charge in [0.25, 0.3) is 0 Å². The normalized spacial score (nSPS) is 10.4. The minimum absolute atomic E-state index is 0.253. The summed E-state index contributed by atoms with van der Waals surface area (Å²) in [7, 11) is 1.40. The zero-order valence-corrected chi connectivity index (χ0v) is 15.3. The van der Waals surface area contributed by atoms with Gasteiger partial charge in [-0.1, -0.05) is 12.1 Å². The van der Waals surface area contributed by atoms with Crippen molar-refractivity contribution in [2.75, 3.05) is 19.0 Å². The second kappa shape index (κ2) is 9.72. The number of amides is 2. The van der Waals surface area contributed by atoms with Crippen molar-refractivity contribution in [1.82, 2.24) is 5.43 Å². The molecule has 2 amide bonds. The minimum Gasteiger partial charge on any atom is -0.493 e. The number of aryl methyl sites for hydroxylation is 1. The maximum Gasteiger partial charge on any atom is 0.341 e. The highest BCUT2D eigenvalue weighted by molar-refractivity contribution is 6.39. The van der Waals surface area contributed by atoms with E-state index < -0.39 is 24.4 Å². The van der Waals surface area contributed by atoms with Gasteiger partial charge in [0.2, 0.25) is 0 Å². The van der Waals surface area contributed by atoms with Gasteiger partial charge in [0.05, 0.1) is 13.3 Å². The Morgan fingerprint density at radius 1 is 1.11 bits per heavy atom. The molecule has 0 radical (unpaired) electrons. The number of nitrogens with one attached hydrogen (secondary N) is 2. The molecule has 0 aliphatic heterocycles. The predicted octanol–water partition coefficient (Wildman–Crippen LogP) is 1.56. The molecule has 0 spiro atoms. The first-order valence-electron chi connectivity index (χ1n) is 8.12. The lowest BCUT2D eigenvalue weighted by molar-refractivity contribution is -0.139. The number of ether oxygens (including phenoxy) is 2. The van der Waals surface area contributed by atoms with E-state index in [9.17, 15) is 14.4 Å². The van der Waals surface area contributed by atoms with E-state index in [2.05, 4.69) is 15.8 Å². The molecule has 0 saturated carbocycles. The Morgan fingerprint density at radius 2 is 1.89 bits per heavy atom. The molecular weight excluding hydrogens is 366 g/mol. The van der Waals surface area contributed by atoms with Gasteiger partial charge in [-0.25, -0.2) is 10.2 Å². The van der Waals surface area contributed by atoms with E-state index in [1.54, 1.807) is 30.3 Å². The zero-order chi connectivity index (χ0) is 20.5. The summed E-state index contributed by atoms with van der Waals surface area (Å²) in [5, 5.41) is 14.8. The third-order valence-corrected chi connectivity index (χ3v) is 3.40. The molecule has 2 aromatic rings. The standard InChI is InChI=1S/C19H19N3O6/c1-12-4-3-5-14(8-12)21-18(25)19(26)22-20-10-13-6-7-15(16(9-13)27-2)28-11-17(23)24/h3-10H,11H2,1-2H3,(H,21,25)(H,22,26)(H,23,24)/b20-10-. The molecule has 9 nitrogen and oxygen atoms in total. The maximum absolute atomic E-state index is 11.9. The van der Waals surface area contributed by atoms with Gasteiger partial charge in [-0.2, -0.15) is 5.10 Å². The molecule has 0 aliphatic rings. The van der Waals surface area contributed by atoms with Gasteiger partial charge >= 0.3 is 17.8 Å². The first-order valence-corrected chi connectivity index (χ1v) is 8.12. The van der Waals surface area contributed by atoms with Crippen LogP contribution in [0, 0.1) is 6.92 Å². The number of anilines is 1. The summed E-state index contributed by atoms with van der Waals surface area (Å²) < 4.78 is 10.2. The molecule has 0 saturated heterocycles. The third-order valence-electron chi connectivity index (χ3n) is 3.40. The highest BCUT2D eigenvalue weighted by atomic mass is 16.5. The van der Waals surface area contributed by atoms with E-state index in [0.29, 0.717) is 17.0 Å². The second-order valence-electron chi connectivity index (χ2n) is 5.62. The van der Waals surface area contributed by atoms with E-state index >= 15 is 0 Å². The van der Waals surface area contributed by atoms with Crippen molar-refractivity contribution in [3.05, 3.63) is 53.6 Å². The Hall–Kier alpha value is -3.88. The molecule has 0 aliphatic carbocycles. The van der Waals surface area contributed by atoms with E-state index in [0.717, 1.165) is 5.56 Å². The summed E-state index contributed by atoms with van der Waals surface area (Å²) >= 11 is 0. The Morgan fingerprint density at radius 3 is 2.57 bits per heavy atom. The summed E-state index contributed by atoms with van der Waals surface area (Å²) in [6.07, 6.45) is 1.31. The highest BCUT2D eigenvalue weighted by Crippen LogP contribution is 2.27. The van der Waals surface area contributed by atoms with Gasteiger partial charge in [0, 0.05) is 5.69 Å². The van der Waals surface area contributed by atoms with Crippen LogP contribution in [0.1, 0.15) is 11.1 Å². The molecule has 0 bridgehead atoms. The maximum atomic E-state index is 11.9. The predicted molar refractivity (Wildman–Crippen MR) is 102 cm³/mol. The number of carbonyl (C=O) groups excluding carboxylic acids is 2. The molecule has 2 aromatic carbocycles. The number of hydrazone groups is 1. The van der Waals surface area contributed by atoms with Crippen LogP contribution in [0.3, 0.4) is 0 Å². The fraction of sp³-hybridized carbons (Fsp3) is 0.158. The lowest BCUT2D eigenvalue weighted by Gasteiger charge is -2.09. The van der Waals surface area contributed by atoms with Crippen molar-refractivity contribution in [3.63, 3.8) is 0 Å². The molecule has 0 unspecified atom stereocenters. The van der Waals surface area contributed by atoms with Gasteiger partial charge in [0.15, 0.2) is 18.1 Å². The van der Waals surface area contributed by atoms with Gasteiger partial charge in [0.1, 0.15) is 0 Å². The average Bonchev–Trinajstić information content (AvgIpc) is 2.66. The number of carboxylic acids is 1. The SMILES string of the molecule is COc1cc(/C=N\NC(=O)C(=O)Nc2cccc(C)c2)ccc1OCC(=O)O. The number of aliphatic carboxylic acids is 1. The Labute approximate surface area is 161 Å². The van der Waals surface area contributed by atoms with Gasteiger partial charge in [-0.15, -0.1) is 0 Å². The molecule has 0 atom stereocenters. The number of rotatable bonds is 7. The van der Waals surface area contributed by atoms with Crippen molar-refractivity contribution < 1.29 is 29.0 Å². The molecule has 0 heterocycles. The molecule has 9 heteroatoms.